The van der Waals surface area contributed by atoms with Crippen molar-refractivity contribution in [3.63, 3.8) is 0 Å². The van der Waals surface area contributed by atoms with E-state index >= 15 is 0 Å². The van der Waals surface area contributed by atoms with Crippen LogP contribution < -0.4 is 4.74 Å². The van der Waals surface area contributed by atoms with Crippen molar-refractivity contribution in [3.05, 3.63) is 69.9 Å². The van der Waals surface area contributed by atoms with E-state index in [1.165, 1.54) is 18.2 Å². The summed E-state index contributed by atoms with van der Waals surface area (Å²) in [6.07, 6.45) is -4.25. The Bertz CT molecular complexity index is 1040. The van der Waals surface area contributed by atoms with E-state index in [1.54, 1.807) is 24.3 Å². The number of hydrogen-bond donors (Lipinski definition) is 0. The molecule has 0 aliphatic heterocycles. The van der Waals surface area contributed by atoms with Crippen LogP contribution in [0.15, 0.2) is 48.5 Å². The zero-order chi connectivity index (χ0) is 22.6. The molecule has 1 heterocycles. The van der Waals surface area contributed by atoms with Gasteiger partial charge in [-0.15, -0.1) is 13.2 Å². The summed E-state index contributed by atoms with van der Waals surface area (Å²) in [5.74, 6) is -0.269. The minimum atomic E-state index is -4.73. The highest BCUT2D eigenvalue weighted by Crippen LogP contribution is 2.28. The number of fused-ring (bicyclic) bond motifs is 1. The maximum atomic E-state index is 12.4. The second-order valence-electron chi connectivity index (χ2n) is 7.18. The molecule has 0 N–H and O–H groups in total. The first-order chi connectivity index (χ1) is 14.7. The Morgan fingerprint density at radius 3 is 2.32 bits per heavy atom. The number of likely N-dealkylation sites (N-methyl/N-ethyl adjacent to an activating group) is 1. The molecule has 1 aromatic heterocycles. The van der Waals surface area contributed by atoms with E-state index in [0.717, 1.165) is 41.8 Å². The molecule has 0 spiro atoms. The molecule has 3 aromatic rings. The summed E-state index contributed by atoms with van der Waals surface area (Å²) in [7, 11) is 0. The van der Waals surface area contributed by atoms with Crippen molar-refractivity contribution in [3.8, 4) is 5.75 Å². The molecule has 9 heteroatoms. The Hall–Kier alpha value is -3.07. The highest BCUT2D eigenvalue weighted by atomic mass is 19.4. The summed E-state index contributed by atoms with van der Waals surface area (Å²) in [5.41, 5.74) is 2.67. The van der Waals surface area contributed by atoms with Gasteiger partial charge in [-0.1, -0.05) is 26.0 Å². The monoisotopic (exact) mass is 435 g/mol. The number of ether oxygens (including phenoxy) is 1. The van der Waals surface area contributed by atoms with Crippen LogP contribution in [0.5, 0.6) is 5.75 Å². The third-order valence-electron chi connectivity index (χ3n) is 5.26. The molecular formula is C22H24F3N3O3. The Balaban J connectivity index is 1.91. The van der Waals surface area contributed by atoms with Crippen LogP contribution in [0, 0.1) is 10.1 Å². The molecule has 0 aliphatic carbocycles. The number of halogens is 3. The molecule has 0 atom stereocenters. The van der Waals surface area contributed by atoms with Crippen molar-refractivity contribution in [2.75, 3.05) is 19.6 Å². The van der Waals surface area contributed by atoms with E-state index in [-0.39, 0.29) is 11.4 Å². The molecule has 166 valence electrons. The molecule has 0 radical (unpaired) electrons. The Kier molecular flexibility index (Phi) is 6.84. The van der Waals surface area contributed by atoms with Gasteiger partial charge >= 0.3 is 6.36 Å². The lowest BCUT2D eigenvalue weighted by Crippen LogP contribution is -2.27. The van der Waals surface area contributed by atoms with Crippen LogP contribution in [0.2, 0.25) is 0 Å². The summed E-state index contributed by atoms with van der Waals surface area (Å²) < 4.78 is 43.2. The quantitative estimate of drug-likeness (QED) is 0.334. The van der Waals surface area contributed by atoms with Crippen molar-refractivity contribution in [2.45, 2.75) is 33.2 Å². The minimum Gasteiger partial charge on any atom is -0.406 e. The Morgan fingerprint density at radius 2 is 1.74 bits per heavy atom. The number of nitro groups is 1. The fraction of sp³-hybridized carbons (Fsp3) is 0.364. The van der Waals surface area contributed by atoms with Crippen molar-refractivity contribution in [1.29, 1.82) is 0 Å². The van der Waals surface area contributed by atoms with Gasteiger partial charge in [-0.25, -0.2) is 0 Å². The molecule has 0 aliphatic rings. The van der Waals surface area contributed by atoms with Crippen molar-refractivity contribution < 1.29 is 22.8 Å². The molecule has 0 amide bonds. The van der Waals surface area contributed by atoms with Crippen LogP contribution in [-0.2, 0) is 13.0 Å². The topological polar surface area (TPSA) is 60.5 Å². The molecule has 0 unspecified atom stereocenters. The standard InChI is InChI=1S/C22H24F3N3O3/c1-3-26(4-2)11-12-27-19(15-17-14-18(28(29)30)7-10-21(17)27)13-16-5-8-20(9-6-16)31-22(23,24)25/h5-10,14-15H,3-4,11-13H2,1-2H3. The molecular weight excluding hydrogens is 411 g/mol. The van der Waals surface area contributed by atoms with Crippen molar-refractivity contribution in [1.82, 2.24) is 9.47 Å². The lowest BCUT2D eigenvalue weighted by molar-refractivity contribution is -0.384. The van der Waals surface area contributed by atoms with Gasteiger partial charge in [0, 0.05) is 48.2 Å². The minimum absolute atomic E-state index is 0.0218. The predicted octanol–water partition coefficient (Wildman–Crippen LogP) is 5.38. The normalized spacial score (nSPS) is 11.9. The first-order valence-electron chi connectivity index (χ1n) is 10.0. The van der Waals surface area contributed by atoms with Gasteiger partial charge in [0.25, 0.3) is 5.69 Å². The third-order valence-corrected chi connectivity index (χ3v) is 5.26. The smallest absolute Gasteiger partial charge is 0.406 e. The highest BCUT2D eigenvalue weighted by molar-refractivity contribution is 5.83. The zero-order valence-corrected chi connectivity index (χ0v) is 17.4. The molecule has 0 saturated heterocycles. The fourth-order valence-corrected chi connectivity index (χ4v) is 3.64. The van der Waals surface area contributed by atoms with Gasteiger partial charge in [0.2, 0.25) is 0 Å². The zero-order valence-electron chi connectivity index (χ0n) is 17.4. The Labute approximate surface area is 178 Å². The number of nitro benzene ring substituents is 1. The number of nitrogens with zero attached hydrogens (tertiary/aromatic N) is 3. The van der Waals surface area contributed by atoms with Gasteiger partial charge < -0.3 is 14.2 Å². The molecule has 0 bridgehead atoms. The summed E-state index contributed by atoms with van der Waals surface area (Å²) >= 11 is 0. The SMILES string of the molecule is CCN(CC)CCn1c(Cc2ccc(OC(F)(F)F)cc2)cc2cc([N+](=O)[O-])ccc21. The average Bonchev–Trinajstić information content (AvgIpc) is 3.05. The maximum absolute atomic E-state index is 12.4. The Morgan fingerprint density at radius 1 is 1.06 bits per heavy atom. The van der Waals surface area contributed by atoms with E-state index in [2.05, 4.69) is 28.1 Å². The summed E-state index contributed by atoms with van der Waals surface area (Å²) in [6.45, 7) is 7.53. The summed E-state index contributed by atoms with van der Waals surface area (Å²) in [6, 6.07) is 12.5. The fourth-order valence-electron chi connectivity index (χ4n) is 3.64. The van der Waals surface area contributed by atoms with Gasteiger partial charge in [0.1, 0.15) is 5.75 Å². The lowest BCUT2D eigenvalue weighted by atomic mass is 10.1. The van der Waals surface area contributed by atoms with Gasteiger partial charge in [-0.3, -0.25) is 10.1 Å². The van der Waals surface area contributed by atoms with Crippen LogP contribution in [0.3, 0.4) is 0 Å². The van der Waals surface area contributed by atoms with E-state index in [1.807, 2.05) is 6.07 Å². The second-order valence-corrected chi connectivity index (χ2v) is 7.18. The number of rotatable bonds is 9. The number of benzene rings is 2. The van der Waals surface area contributed by atoms with Gasteiger partial charge in [0.15, 0.2) is 0 Å². The summed E-state index contributed by atoms with van der Waals surface area (Å²) in [5, 5.41) is 11.9. The van der Waals surface area contributed by atoms with E-state index < -0.39 is 11.3 Å². The second kappa shape index (κ2) is 9.38. The van der Waals surface area contributed by atoms with Gasteiger partial charge in [-0.2, -0.15) is 0 Å². The number of alkyl halides is 3. The van der Waals surface area contributed by atoms with Crippen LogP contribution in [0.4, 0.5) is 18.9 Å². The first kappa shape index (κ1) is 22.6. The largest absolute Gasteiger partial charge is 0.573 e. The van der Waals surface area contributed by atoms with Crippen LogP contribution in [-0.4, -0.2) is 40.4 Å². The molecule has 3 rings (SSSR count). The molecule has 0 fully saturated rings. The average molecular weight is 435 g/mol. The first-order valence-corrected chi connectivity index (χ1v) is 10.0. The van der Waals surface area contributed by atoms with Crippen LogP contribution in [0.1, 0.15) is 25.1 Å². The molecule has 2 aromatic carbocycles. The number of hydrogen-bond acceptors (Lipinski definition) is 4. The number of aromatic nitrogens is 1. The predicted molar refractivity (Wildman–Crippen MR) is 112 cm³/mol. The third kappa shape index (κ3) is 5.75. The van der Waals surface area contributed by atoms with Gasteiger partial charge in [-0.05, 0) is 42.9 Å². The van der Waals surface area contributed by atoms with Gasteiger partial charge in [0.05, 0.1) is 4.92 Å². The van der Waals surface area contributed by atoms with E-state index in [0.29, 0.717) is 13.0 Å². The molecule has 6 nitrogen and oxygen atoms in total. The lowest BCUT2D eigenvalue weighted by Gasteiger charge is -2.20. The molecule has 0 saturated carbocycles. The van der Waals surface area contributed by atoms with E-state index in [4.69, 9.17) is 0 Å². The molecule has 31 heavy (non-hydrogen) atoms. The maximum Gasteiger partial charge on any atom is 0.573 e. The number of non-ortho nitro benzene ring substituents is 1. The van der Waals surface area contributed by atoms with Crippen LogP contribution in [0.25, 0.3) is 10.9 Å². The van der Waals surface area contributed by atoms with Crippen molar-refractivity contribution >= 4 is 16.6 Å². The van der Waals surface area contributed by atoms with Crippen LogP contribution >= 0.6 is 0 Å². The van der Waals surface area contributed by atoms with Crippen molar-refractivity contribution in [2.24, 2.45) is 0 Å². The summed E-state index contributed by atoms with van der Waals surface area (Å²) in [4.78, 5) is 13.0. The van der Waals surface area contributed by atoms with E-state index in [9.17, 15) is 23.3 Å². The highest BCUT2D eigenvalue weighted by Gasteiger charge is 2.31.